The second-order valence-corrected chi connectivity index (χ2v) is 7.74. The zero-order chi connectivity index (χ0) is 21.1. The molecule has 0 radical (unpaired) electrons. The van der Waals surface area contributed by atoms with Crippen molar-refractivity contribution in [3.63, 3.8) is 0 Å². The van der Waals surface area contributed by atoms with Crippen LogP contribution in [0.1, 0.15) is 42.6 Å². The third kappa shape index (κ3) is 4.17. The molecule has 1 fully saturated rings. The highest BCUT2D eigenvalue weighted by Crippen LogP contribution is 2.41. The summed E-state index contributed by atoms with van der Waals surface area (Å²) in [6, 6.07) is 14.7. The van der Waals surface area contributed by atoms with E-state index >= 15 is 0 Å². The first-order valence-electron chi connectivity index (χ1n) is 9.86. The first kappa shape index (κ1) is 21.0. The molecule has 0 unspecified atom stereocenters. The lowest BCUT2D eigenvalue weighted by atomic mass is 9.74. The van der Waals surface area contributed by atoms with Crippen molar-refractivity contribution in [1.29, 1.82) is 0 Å². The number of amides is 2. The van der Waals surface area contributed by atoms with E-state index in [2.05, 4.69) is 0 Å². The molecule has 0 aliphatic carbocycles. The Morgan fingerprint density at radius 2 is 1.79 bits per heavy atom. The van der Waals surface area contributed by atoms with Gasteiger partial charge in [-0.3, -0.25) is 9.59 Å². The number of aliphatic hydroxyl groups is 1. The number of carbonyl (C=O) groups is 2. The van der Waals surface area contributed by atoms with Crippen LogP contribution in [-0.2, 0) is 4.79 Å². The summed E-state index contributed by atoms with van der Waals surface area (Å²) in [5.74, 6) is -0.951. The standard InChI is InChI=1S/C23H27FN2O3/c1-15(2)25(23(29)18-10-7-11-19(24)12-18)13-20-22(17-8-5-4-6-9-17)21(14-27)26(20)16(3)28/h4-12,15,20-22,27H,13-14H2,1-3H3/t20-,21-,22-/m0/s1. The maximum Gasteiger partial charge on any atom is 0.254 e. The summed E-state index contributed by atoms with van der Waals surface area (Å²) in [5, 5.41) is 9.90. The van der Waals surface area contributed by atoms with Gasteiger partial charge in [0.2, 0.25) is 5.91 Å². The van der Waals surface area contributed by atoms with Gasteiger partial charge in [-0.1, -0.05) is 36.4 Å². The average Bonchev–Trinajstić information content (AvgIpc) is 2.67. The summed E-state index contributed by atoms with van der Waals surface area (Å²) in [4.78, 5) is 28.7. The van der Waals surface area contributed by atoms with E-state index in [-0.39, 0.29) is 48.0 Å². The minimum atomic E-state index is -0.462. The predicted octanol–water partition coefficient (Wildman–Crippen LogP) is 3.05. The van der Waals surface area contributed by atoms with Gasteiger partial charge in [0.15, 0.2) is 0 Å². The number of likely N-dealkylation sites (tertiary alicyclic amines) is 1. The molecule has 154 valence electrons. The Morgan fingerprint density at radius 1 is 1.10 bits per heavy atom. The lowest BCUT2D eigenvalue weighted by Crippen LogP contribution is -2.68. The van der Waals surface area contributed by atoms with Gasteiger partial charge in [0.25, 0.3) is 5.91 Å². The summed E-state index contributed by atoms with van der Waals surface area (Å²) in [6.07, 6.45) is 0. The lowest BCUT2D eigenvalue weighted by Gasteiger charge is -2.56. The number of hydrogen-bond acceptors (Lipinski definition) is 3. The molecule has 2 amide bonds. The van der Waals surface area contributed by atoms with Crippen molar-refractivity contribution in [2.45, 2.75) is 44.8 Å². The van der Waals surface area contributed by atoms with Crippen LogP contribution in [0.15, 0.2) is 54.6 Å². The van der Waals surface area contributed by atoms with Crippen LogP contribution in [0.2, 0.25) is 0 Å². The molecule has 1 aliphatic rings. The van der Waals surface area contributed by atoms with Crippen molar-refractivity contribution in [1.82, 2.24) is 9.80 Å². The molecule has 29 heavy (non-hydrogen) atoms. The number of aliphatic hydroxyl groups excluding tert-OH is 1. The van der Waals surface area contributed by atoms with Gasteiger partial charge in [-0.05, 0) is 37.6 Å². The second kappa shape index (κ2) is 8.74. The van der Waals surface area contributed by atoms with Gasteiger partial charge in [0, 0.05) is 31.0 Å². The summed E-state index contributed by atoms with van der Waals surface area (Å²) < 4.78 is 13.6. The van der Waals surface area contributed by atoms with Gasteiger partial charge >= 0.3 is 0 Å². The summed E-state index contributed by atoms with van der Waals surface area (Å²) >= 11 is 0. The van der Waals surface area contributed by atoms with E-state index < -0.39 is 5.82 Å². The molecule has 0 aromatic heterocycles. The number of rotatable bonds is 6. The molecule has 2 aromatic carbocycles. The van der Waals surface area contributed by atoms with Gasteiger partial charge < -0.3 is 14.9 Å². The van der Waals surface area contributed by atoms with Crippen LogP contribution in [0.5, 0.6) is 0 Å². The van der Waals surface area contributed by atoms with E-state index in [0.29, 0.717) is 6.54 Å². The number of hydrogen-bond donors (Lipinski definition) is 1. The Hall–Kier alpha value is -2.73. The Labute approximate surface area is 170 Å². The fraction of sp³-hybridized carbons (Fsp3) is 0.391. The van der Waals surface area contributed by atoms with Gasteiger partial charge in [-0.15, -0.1) is 0 Å². The number of halogens is 1. The molecule has 1 aliphatic heterocycles. The molecular weight excluding hydrogens is 371 g/mol. The molecule has 0 bridgehead atoms. The van der Waals surface area contributed by atoms with Gasteiger partial charge in [0.05, 0.1) is 18.7 Å². The van der Waals surface area contributed by atoms with Crippen LogP contribution in [0.3, 0.4) is 0 Å². The second-order valence-electron chi connectivity index (χ2n) is 7.74. The van der Waals surface area contributed by atoms with Gasteiger partial charge in [-0.25, -0.2) is 4.39 Å². The summed E-state index contributed by atoms with van der Waals surface area (Å²) in [5.41, 5.74) is 1.30. The maximum atomic E-state index is 13.6. The summed E-state index contributed by atoms with van der Waals surface area (Å²) in [6.45, 7) is 5.44. The minimum absolute atomic E-state index is 0.0772. The molecule has 3 rings (SSSR count). The molecule has 1 saturated heterocycles. The third-order valence-electron chi connectivity index (χ3n) is 5.62. The number of nitrogens with zero attached hydrogens (tertiary/aromatic N) is 2. The van der Waals surface area contributed by atoms with Crippen LogP contribution >= 0.6 is 0 Å². The lowest BCUT2D eigenvalue weighted by molar-refractivity contribution is -0.149. The molecular formula is C23H27FN2O3. The first-order chi connectivity index (χ1) is 13.8. The van der Waals surface area contributed by atoms with Crippen LogP contribution in [-0.4, -0.2) is 58.0 Å². The van der Waals surface area contributed by atoms with Crippen molar-refractivity contribution >= 4 is 11.8 Å². The highest BCUT2D eigenvalue weighted by atomic mass is 19.1. The summed E-state index contributed by atoms with van der Waals surface area (Å²) in [7, 11) is 0. The van der Waals surface area contributed by atoms with E-state index in [1.807, 2.05) is 44.2 Å². The largest absolute Gasteiger partial charge is 0.394 e. The molecule has 1 heterocycles. The number of benzene rings is 2. The predicted molar refractivity (Wildman–Crippen MR) is 109 cm³/mol. The highest BCUT2D eigenvalue weighted by molar-refractivity contribution is 5.94. The van der Waals surface area contributed by atoms with Crippen molar-refractivity contribution in [2.24, 2.45) is 0 Å². The fourth-order valence-electron chi connectivity index (χ4n) is 4.25. The zero-order valence-electron chi connectivity index (χ0n) is 17.0. The van der Waals surface area contributed by atoms with Crippen molar-refractivity contribution in [3.05, 3.63) is 71.5 Å². The van der Waals surface area contributed by atoms with Crippen molar-refractivity contribution < 1.29 is 19.1 Å². The molecule has 1 N–H and O–H groups in total. The molecule has 0 saturated carbocycles. The van der Waals surface area contributed by atoms with E-state index in [1.165, 1.54) is 25.1 Å². The molecule has 6 heteroatoms. The monoisotopic (exact) mass is 398 g/mol. The van der Waals surface area contributed by atoms with Crippen molar-refractivity contribution in [2.75, 3.05) is 13.2 Å². The average molecular weight is 398 g/mol. The Balaban J connectivity index is 1.91. The fourth-order valence-corrected chi connectivity index (χ4v) is 4.25. The van der Waals surface area contributed by atoms with Crippen LogP contribution in [0.25, 0.3) is 0 Å². The van der Waals surface area contributed by atoms with Gasteiger partial charge in [-0.2, -0.15) is 0 Å². The Kier molecular flexibility index (Phi) is 6.33. The molecule has 2 aromatic rings. The highest BCUT2D eigenvalue weighted by Gasteiger charge is 2.51. The quantitative estimate of drug-likeness (QED) is 0.814. The van der Waals surface area contributed by atoms with Crippen LogP contribution < -0.4 is 0 Å². The van der Waals surface area contributed by atoms with E-state index in [1.54, 1.807) is 15.9 Å². The van der Waals surface area contributed by atoms with E-state index in [4.69, 9.17) is 0 Å². The maximum absolute atomic E-state index is 13.6. The smallest absolute Gasteiger partial charge is 0.254 e. The number of carbonyl (C=O) groups excluding carboxylic acids is 2. The molecule has 3 atom stereocenters. The van der Waals surface area contributed by atoms with Gasteiger partial charge in [0.1, 0.15) is 5.82 Å². The topological polar surface area (TPSA) is 60.9 Å². The van der Waals surface area contributed by atoms with Crippen LogP contribution in [0.4, 0.5) is 4.39 Å². The van der Waals surface area contributed by atoms with E-state index in [9.17, 15) is 19.1 Å². The van der Waals surface area contributed by atoms with Crippen molar-refractivity contribution in [3.8, 4) is 0 Å². The SMILES string of the molecule is CC(=O)N1[C@@H](CO)[C@@H](c2ccccc2)[C@@H]1CN(C(=O)c1cccc(F)c1)C(C)C. The minimum Gasteiger partial charge on any atom is -0.394 e. The molecule has 0 spiro atoms. The third-order valence-corrected chi connectivity index (χ3v) is 5.62. The molecule has 5 nitrogen and oxygen atoms in total. The normalized spacial score (nSPS) is 21.0. The zero-order valence-corrected chi connectivity index (χ0v) is 17.0. The Morgan fingerprint density at radius 3 is 2.34 bits per heavy atom. The Bertz CT molecular complexity index is 871. The van der Waals surface area contributed by atoms with Crippen LogP contribution in [0, 0.1) is 5.82 Å². The van der Waals surface area contributed by atoms with E-state index in [0.717, 1.165) is 5.56 Å². The first-order valence-corrected chi connectivity index (χ1v) is 9.86.